The number of hydrogen-bond donors (Lipinski definition) is 1. The fraction of sp³-hybridized carbons (Fsp3) is 0.600. The first kappa shape index (κ1) is 28.1. The minimum absolute atomic E-state index is 0.0797. The molecule has 2 aliphatic rings. The Morgan fingerprint density at radius 1 is 0.973 bits per heavy atom. The summed E-state index contributed by atoms with van der Waals surface area (Å²) in [5, 5.41) is 10.1. The standard InChI is InChI=1S/C30H44O5Si2/c1-10-36(32)17-22-11-24-25(13-21(22)16-31)34-30(19-29(24,4)5)15-20-12-26(33-6)27(35-37(7,8)9)14-23(20)28(2,3)18-30/h11-14,31H,10,15-19H2,1-9H3. The molecule has 37 heavy (non-hydrogen) atoms. The summed E-state index contributed by atoms with van der Waals surface area (Å²) in [4.78, 5) is 0. The fourth-order valence-electron chi connectivity index (χ4n) is 6.55. The first-order valence-corrected chi connectivity index (χ1v) is 18.7. The van der Waals surface area contributed by atoms with Crippen molar-refractivity contribution in [2.45, 2.75) is 109 Å². The highest BCUT2D eigenvalue weighted by atomic mass is 28.4. The molecule has 2 aromatic carbocycles. The Bertz CT molecular complexity index is 1210. The van der Waals surface area contributed by atoms with Crippen LogP contribution in [0.25, 0.3) is 0 Å². The van der Waals surface area contributed by atoms with Crippen molar-refractivity contribution in [1.82, 2.24) is 0 Å². The molecule has 1 N–H and O–H groups in total. The van der Waals surface area contributed by atoms with E-state index in [1.54, 1.807) is 7.11 Å². The maximum absolute atomic E-state index is 12.4. The van der Waals surface area contributed by atoms with Crippen molar-refractivity contribution in [3.63, 3.8) is 0 Å². The van der Waals surface area contributed by atoms with Crippen LogP contribution in [0.3, 0.4) is 0 Å². The maximum Gasteiger partial charge on any atom is 0.280 e. The normalized spacial score (nSPS) is 21.6. The lowest BCUT2D eigenvalue weighted by molar-refractivity contribution is -0.0122. The Morgan fingerprint density at radius 3 is 2.19 bits per heavy atom. The second-order valence-electron chi connectivity index (χ2n) is 13.3. The monoisotopic (exact) mass is 540 g/mol. The number of aliphatic hydroxyl groups excluding tert-OH is 1. The molecule has 1 aliphatic carbocycles. The molecule has 1 heterocycles. The van der Waals surface area contributed by atoms with E-state index in [-0.39, 0.29) is 23.0 Å². The molecule has 4 rings (SSSR count). The summed E-state index contributed by atoms with van der Waals surface area (Å²) in [6.45, 7) is 17.6. The van der Waals surface area contributed by atoms with Crippen molar-refractivity contribution in [3.05, 3.63) is 52.1 Å². The minimum Gasteiger partial charge on any atom is -0.542 e. The minimum atomic E-state index is -1.80. The number of ether oxygens (including phenoxy) is 2. The summed E-state index contributed by atoms with van der Waals surface area (Å²) in [5.41, 5.74) is 4.90. The third-order valence-corrected chi connectivity index (χ3v) is 10.3. The molecule has 1 aliphatic heterocycles. The van der Waals surface area contributed by atoms with Gasteiger partial charge in [0.05, 0.1) is 13.7 Å². The van der Waals surface area contributed by atoms with Gasteiger partial charge in [0.25, 0.3) is 8.68 Å². The zero-order valence-electron chi connectivity index (χ0n) is 24.1. The van der Waals surface area contributed by atoms with Crippen LogP contribution in [-0.2, 0) is 34.4 Å². The SMILES string of the molecule is CC[Si](=O)Cc1cc2c(cc1CO)OC1(Cc3cc(OC)c(O[Si](C)(C)C)cc3C(C)(C)C1)CC2(C)C. The highest BCUT2D eigenvalue weighted by Crippen LogP contribution is 2.54. The molecule has 7 heteroatoms. The van der Waals surface area contributed by atoms with Gasteiger partial charge in [-0.25, -0.2) is 0 Å². The molecule has 0 saturated carbocycles. The lowest BCUT2D eigenvalue weighted by Gasteiger charge is -2.52. The van der Waals surface area contributed by atoms with Crippen molar-refractivity contribution >= 4 is 17.0 Å². The molecule has 0 radical (unpaired) electrons. The Kier molecular flexibility index (Phi) is 7.32. The van der Waals surface area contributed by atoms with Gasteiger partial charge in [-0.2, -0.15) is 0 Å². The predicted molar refractivity (Wildman–Crippen MR) is 152 cm³/mol. The quantitative estimate of drug-likeness (QED) is 0.399. The highest BCUT2D eigenvalue weighted by molar-refractivity contribution is 6.70. The number of hydrogen-bond acceptors (Lipinski definition) is 5. The van der Waals surface area contributed by atoms with Crippen molar-refractivity contribution in [2.75, 3.05) is 7.11 Å². The van der Waals surface area contributed by atoms with E-state index in [0.29, 0.717) is 12.1 Å². The molecule has 5 nitrogen and oxygen atoms in total. The zero-order chi connectivity index (χ0) is 27.4. The van der Waals surface area contributed by atoms with E-state index in [1.807, 2.05) is 13.0 Å². The van der Waals surface area contributed by atoms with Crippen LogP contribution < -0.4 is 13.9 Å². The number of methoxy groups -OCH3 is 1. The van der Waals surface area contributed by atoms with Crippen molar-refractivity contribution in [2.24, 2.45) is 0 Å². The molecule has 0 fully saturated rings. The summed E-state index contributed by atoms with van der Waals surface area (Å²) in [5.74, 6) is 2.47. The van der Waals surface area contributed by atoms with Crippen molar-refractivity contribution in [1.29, 1.82) is 0 Å². The van der Waals surface area contributed by atoms with Gasteiger partial charge in [-0.05, 0) is 89.8 Å². The summed E-state index contributed by atoms with van der Waals surface area (Å²) in [6, 6.07) is 9.73. The average molecular weight is 541 g/mol. The summed E-state index contributed by atoms with van der Waals surface area (Å²) >= 11 is 0. The van der Waals surface area contributed by atoms with Gasteiger partial charge in [0.2, 0.25) is 8.32 Å². The molecule has 0 aromatic heterocycles. The second kappa shape index (κ2) is 9.65. The van der Waals surface area contributed by atoms with Crippen LogP contribution in [0.2, 0.25) is 25.7 Å². The van der Waals surface area contributed by atoms with Gasteiger partial charge >= 0.3 is 0 Å². The molecular weight excluding hydrogens is 496 g/mol. The highest BCUT2D eigenvalue weighted by Gasteiger charge is 2.51. The van der Waals surface area contributed by atoms with Gasteiger partial charge in [0.1, 0.15) is 17.1 Å². The molecule has 1 unspecified atom stereocenters. The Morgan fingerprint density at radius 2 is 1.62 bits per heavy atom. The van der Waals surface area contributed by atoms with Crippen LogP contribution in [0.4, 0.5) is 0 Å². The third-order valence-electron chi connectivity index (χ3n) is 7.89. The first-order valence-electron chi connectivity index (χ1n) is 13.5. The van der Waals surface area contributed by atoms with Crippen LogP contribution in [0, 0.1) is 0 Å². The zero-order valence-corrected chi connectivity index (χ0v) is 26.1. The molecule has 0 saturated heterocycles. The molecule has 1 spiro atoms. The smallest absolute Gasteiger partial charge is 0.280 e. The molecule has 0 bridgehead atoms. The van der Waals surface area contributed by atoms with Crippen LogP contribution in [0.15, 0.2) is 24.3 Å². The topological polar surface area (TPSA) is 65.0 Å². The maximum atomic E-state index is 12.4. The van der Waals surface area contributed by atoms with Crippen molar-refractivity contribution < 1.29 is 23.5 Å². The fourth-order valence-corrected chi connectivity index (χ4v) is 8.38. The van der Waals surface area contributed by atoms with Gasteiger partial charge in [0, 0.05) is 18.0 Å². The van der Waals surface area contributed by atoms with Crippen LogP contribution in [0.5, 0.6) is 17.2 Å². The lowest BCUT2D eigenvalue weighted by atomic mass is 9.60. The molecule has 1 atom stereocenters. The number of benzene rings is 2. The van der Waals surface area contributed by atoms with Crippen LogP contribution in [0.1, 0.15) is 75.3 Å². The van der Waals surface area contributed by atoms with Gasteiger partial charge in [-0.15, -0.1) is 0 Å². The van der Waals surface area contributed by atoms with Crippen LogP contribution >= 0.6 is 0 Å². The molecule has 0 amide bonds. The van der Waals surface area contributed by atoms with E-state index in [9.17, 15) is 9.57 Å². The molecule has 202 valence electrons. The van der Waals surface area contributed by atoms with E-state index in [2.05, 4.69) is 65.5 Å². The Balaban J connectivity index is 1.78. The van der Waals surface area contributed by atoms with Gasteiger partial charge < -0.3 is 23.5 Å². The summed E-state index contributed by atoms with van der Waals surface area (Å²) in [7, 11) is -1.79. The van der Waals surface area contributed by atoms with E-state index in [0.717, 1.165) is 53.2 Å². The van der Waals surface area contributed by atoms with E-state index < -0.39 is 17.0 Å². The average Bonchev–Trinajstić information content (AvgIpc) is 2.77. The summed E-state index contributed by atoms with van der Waals surface area (Å²) < 4.78 is 31.6. The third kappa shape index (κ3) is 5.59. The van der Waals surface area contributed by atoms with Gasteiger partial charge in [-0.3, -0.25) is 0 Å². The number of aliphatic hydroxyl groups is 1. The first-order chi connectivity index (χ1) is 17.1. The van der Waals surface area contributed by atoms with Crippen LogP contribution in [-0.4, -0.2) is 34.8 Å². The Labute approximate surface area is 225 Å². The van der Waals surface area contributed by atoms with Gasteiger partial charge in [0.15, 0.2) is 5.75 Å². The van der Waals surface area contributed by atoms with Crippen molar-refractivity contribution in [3.8, 4) is 17.2 Å². The molecular formula is C30H44O5Si2. The largest absolute Gasteiger partial charge is 0.542 e. The van der Waals surface area contributed by atoms with Gasteiger partial charge in [-0.1, -0.05) is 40.7 Å². The molecule has 2 aromatic rings. The number of fused-ring (bicyclic) bond motifs is 2. The predicted octanol–water partition coefficient (Wildman–Crippen LogP) is 6.65. The second-order valence-corrected chi connectivity index (χ2v) is 19.9. The van der Waals surface area contributed by atoms with E-state index in [1.165, 1.54) is 11.1 Å². The Hall–Kier alpha value is -1.97. The lowest BCUT2D eigenvalue weighted by Crippen LogP contribution is -2.53. The van der Waals surface area contributed by atoms with E-state index >= 15 is 0 Å². The van der Waals surface area contributed by atoms with E-state index in [4.69, 9.17) is 13.9 Å². The summed E-state index contributed by atoms with van der Waals surface area (Å²) in [6.07, 6.45) is 2.55. The number of rotatable bonds is 7.